The Bertz CT molecular complexity index is 838. The van der Waals surface area contributed by atoms with Crippen molar-refractivity contribution in [3.05, 3.63) is 47.3 Å². The van der Waals surface area contributed by atoms with E-state index >= 15 is 0 Å². The van der Waals surface area contributed by atoms with E-state index in [1.54, 1.807) is 23.7 Å². The van der Waals surface area contributed by atoms with Gasteiger partial charge in [-0.15, -0.1) is 0 Å². The number of nitrogens with one attached hydrogen (secondary N) is 1. The van der Waals surface area contributed by atoms with Gasteiger partial charge in [-0.1, -0.05) is 0 Å². The minimum atomic E-state index is -0.385. The number of aromatic nitrogens is 2. The number of amides is 1. The summed E-state index contributed by atoms with van der Waals surface area (Å²) in [5, 5.41) is 7.32. The third-order valence-electron chi connectivity index (χ3n) is 5.20. The van der Waals surface area contributed by atoms with E-state index in [1.807, 2.05) is 26.0 Å². The molecule has 7 heteroatoms. The first-order valence-electron chi connectivity index (χ1n) is 10.2. The molecule has 1 saturated heterocycles. The highest BCUT2D eigenvalue weighted by molar-refractivity contribution is 5.94. The van der Waals surface area contributed by atoms with E-state index in [2.05, 4.69) is 10.4 Å². The quantitative estimate of drug-likeness (QED) is 0.688. The lowest BCUT2D eigenvalue weighted by Crippen LogP contribution is -2.33. The van der Waals surface area contributed by atoms with E-state index in [-0.39, 0.29) is 17.9 Å². The molecule has 1 amide bonds. The summed E-state index contributed by atoms with van der Waals surface area (Å²) in [5.41, 5.74) is 2.51. The maximum absolute atomic E-state index is 12.5. The number of benzene rings is 1. The highest BCUT2D eigenvalue weighted by atomic mass is 16.5. The average Bonchev–Trinajstić information content (AvgIpc) is 3.36. The van der Waals surface area contributed by atoms with Gasteiger partial charge >= 0.3 is 5.97 Å². The fourth-order valence-electron chi connectivity index (χ4n) is 3.52. The summed E-state index contributed by atoms with van der Waals surface area (Å²) in [6, 6.07) is 7.26. The van der Waals surface area contributed by atoms with Gasteiger partial charge in [-0.2, -0.15) is 5.10 Å². The second-order valence-electron chi connectivity index (χ2n) is 7.41. The van der Waals surface area contributed by atoms with Crippen molar-refractivity contribution < 1.29 is 19.1 Å². The van der Waals surface area contributed by atoms with Gasteiger partial charge in [-0.05, 0) is 70.7 Å². The molecule has 1 aliphatic rings. The molecule has 0 saturated carbocycles. The number of ether oxygens (including phenoxy) is 2. The van der Waals surface area contributed by atoms with Crippen molar-refractivity contribution in [1.82, 2.24) is 15.1 Å². The lowest BCUT2D eigenvalue weighted by atomic mass is 10.1. The lowest BCUT2D eigenvalue weighted by Gasteiger charge is -2.16. The second kappa shape index (κ2) is 9.69. The summed E-state index contributed by atoms with van der Waals surface area (Å²) in [6.07, 6.45) is 5.97. The van der Waals surface area contributed by atoms with Crippen LogP contribution in [0.2, 0.25) is 0 Å². The third-order valence-corrected chi connectivity index (χ3v) is 5.20. The van der Waals surface area contributed by atoms with Crippen molar-refractivity contribution in [2.24, 2.45) is 0 Å². The van der Waals surface area contributed by atoms with Crippen LogP contribution in [-0.2, 0) is 9.47 Å². The van der Waals surface area contributed by atoms with Crippen LogP contribution in [0, 0.1) is 6.92 Å². The zero-order chi connectivity index (χ0) is 20.8. The Morgan fingerprint density at radius 2 is 2.10 bits per heavy atom. The normalized spacial score (nSPS) is 17.1. The van der Waals surface area contributed by atoms with Crippen LogP contribution >= 0.6 is 0 Å². The molecule has 2 aromatic rings. The molecule has 1 N–H and O–H groups in total. The highest BCUT2D eigenvalue weighted by Crippen LogP contribution is 2.18. The number of hydrogen-bond acceptors (Lipinski definition) is 5. The van der Waals surface area contributed by atoms with Crippen LogP contribution in [0.4, 0.5) is 0 Å². The van der Waals surface area contributed by atoms with Crippen LogP contribution in [0.1, 0.15) is 65.9 Å². The van der Waals surface area contributed by atoms with E-state index in [0.29, 0.717) is 29.5 Å². The fraction of sp³-hybridized carbons (Fsp3) is 0.500. The minimum absolute atomic E-state index is 0.0897. The Balaban J connectivity index is 1.59. The summed E-state index contributed by atoms with van der Waals surface area (Å²) in [7, 11) is 0. The third kappa shape index (κ3) is 5.23. The topological polar surface area (TPSA) is 82.5 Å². The molecule has 0 radical (unpaired) electrons. The van der Waals surface area contributed by atoms with Crippen molar-refractivity contribution in [1.29, 1.82) is 0 Å². The van der Waals surface area contributed by atoms with Crippen molar-refractivity contribution in [3.63, 3.8) is 0 Å². The Morgan fingerprint density at radius 1 is 1.34 bits per heavy atom. The number of carbonyl (C=O) groups is 2. The first-order chi connectivity index (χ1) is 14.0. The van der Waals surface area contributed by atoms with Crippen LogP contribution < -0.4 is 5.32 Å². The predicted molar refractivity (Wildman–Crippen MR) is 109 cm³/mol. The maximum Gasteiger partial charge on any atom is 0.341 e. The monoisotopic (exact) mass is 399 g/mol. The highest BCUT2D eigenvalue weighted by Gasteiger charge is 2.18. The van der Waals surface area contributed by atoms with Crippen LogP contribution in [-0.4, -0.2) is 47.0 Å². The van der Waals surface area contributed by atoms with E-state index in [0.717, 1.165) is 38.0 Å². The van der Waals surface area contributed by atoms with Crippen molar-refractivity contribution in [3.8, 4) is 5.69 Å². The fourth-order valence-corrected chi connectivity index (χ4v) is 3.52. The molecule has 0 spiro atoms. The molecule has 1 fully saturated rings. The Hall–Kier alpha value is -2.67. The van der Waals surface area contributed by atoms with Gasteiger partial charge in [0.2, 0.25) is 0 Å². The van der Waals surface area contributed by atoms with Crippen LogP contribution in [0.3, 0.4) is 0 Å². The van der Waals surface area contributed by atoms with Gasteiger partial charge in [-0.3, -0.25) is 4.79 Å². The van der Waals surface area contributed by atoms with Crippen molar-refractivity contribution >= 4 is 11.9 Å². The number of carbonyl (C=O) groups excluding carboxylic acids is 2. The number of esters is 1. The molecule has 7 nitrogen and oxygen atoms in total. The molecular weight excluding hydrogens is 370 g/mol. The van der Waals surface area contributed by atoms with Gasteiger partial charge in [0.25, 0.3) is 5.91 Å². The average molecular weight is 399 g/mol. The first kappa shape index (κ1) is 21.0. The van der Waals surface area contributed by atoms with Crippen LogP contribution in [0.15, 0.2) is 30.5 Å². The SMILES string of the molecule is CCOC(=O)c1cnn(-c2ccc(C(=O)NC(C)CCC3CCCO3)cc2)c1C. The molecule has 0 bridgehead atoms. The molecule has 29 heavy (non-hydrogen) atoms. The van der Waals surface area contributed by atoms with Crippen LogP contribution in [0.5, 0.6) is 0 Å². The minimum Gasteiger partial charge on any atom is -0.462 e. The lowest BCUT2D eigenvalue weighted by molar-refractivity contribution is 0.0525. The predicted octanol–water partition coefficient (Wildman–Crippen LogP) is 3.43. The number of rotatable bonds is 8. The Kier molecular flexibility index (Phi) is 7.04. The Labute approximate surface area is 171 Å². The molecule has 1 aromatic heterocycles. The van der Waals surface area contributed by atoms with Crippen LogP contribution in [0.25, 0.3) is 5.69 Å². The summed E-state index contributed by atoms with van der Waals surface area (Å²) in [6.45, 7) is 6.78. The molecule has 2 unspecified atom stereocenters. The summed E-state index contributed by atoms with van der Waals surface area (Å²) < 4.78 is 12.3. The largest absolute Gasteiger partial charge is 0.462 e. The van der Waals surface area contributed by atoms with Gasteiger partial charge < -0.3 is 14.8 Å². The van der Waals surface area contributed by atoms with Gasteiger partial charge in [0, 0.05) is 18.2 Å². The summed E-state index contributed by atoms with van der Waals surface area (Å²) >= 11 is 0. The summed E-state index contributed by atoms with van der Waals surface area (Å²) in [4.78, 5) is 24.5. The van der Waals surface area contributed by atoms with Gasteiger partial charge in [-0.25, -0.2) is 9.48 Å². The Morgan fingerprint density at radius 3 is 2.76 bits per heavy atom. The van der Waals surface area contributed by atoms with E-state index < -0.39 is 0 Å². The number of nitrogens with zero attached hydrogens (tertiary/aromatic N) is 2. The molecule has 2 heterocycles. The van der Waals surface area contributed by atoms with E-state index in [9.17, 15) is 9.59 Å². The first-order valence-corrected chi connectivity index (χ1v) is 10.2. The molecular formula is C22H29N3O4. The molecule has 2 atom stereocenters. The smallest absolute Gasteiger partial charge is 0.341 e. The van der Waals surface area contributed by atoms with Gasteiger partial charge in [0.05, 0.1) is 30.3 Å². The molecule has 1 aromatic carbocycles. The van der Waals surface area contributed by atoms with Crippen molar-refractivity contribution in [2.75, 3.05) is 13.2 Å². The molecule has 0 aliphatic carbocycles. The zero-order valence-corrected chi connectivity index (χ0v) is 17.3. The molecule has 1 aliphatic heterocycles. The number of hydrogen-bond donors (Lipinski definition) is 1. The standard InChI is InChI=1S/C22H29N3O4/c1-4-28-22(27)20-14-23-25(16(20)3)18-10-8-17(9-11-18)21(26)24-15(2)7-12-19-6-5-13-29-19/h8-11,14-15,19H,4-7,12-13H2,1-3H3,(H,24,26). The van der Waals surface area contributed by atoms with Crippen molar-refractivity contribution in [2.45, 2.75) is 58.6 Å². The zero-order valence-electron chi connectivity index (χ0n) is 17.3. The molecule has 156 valence electrons. The van der Waals surface area contributed by atoms with E-state index in [4.69, 9.17) is 9.47 Å². The summed E-state index contributed by atoms with van der Waals surface area (Å²) in [5.74, 6) is -0.481. The van der Waals surface area contributed by atoms with E-state index in [1.165, 1.54) is 6.20 Å². The maximum atomic E-state index is 12.5. The second-order valence-corrected chi connectivity index (χ2v) is 7.41. The molecule has 3 rings (SSSR count). The van der Waals surface area contributed by atoms with Gasteiger partial charge in [0.15, 0.2) is 0 Å². The van der Waals surface area contributed by atoms with Gasteiger partial charge in [0.1, 0.15) is 5.56 Å².